The van der Waals surface area contributed by atoms with Crippen molar-refractivity contribution in [2.24, 2.45) is 0 Å². The molecule has 1 radical (unpaired) electrons. The smallest absolute Gasteiger partial charge is 0.189 e. The molecule has 0 spiro atoms. The van der Waals surface area contributed by atoms with Crippen molar-refractivity contribution < 1.29 is 28.9 Å². The average molecular weight is 373 g/mol. The normalized spacial score (nSPS) is 9.57. The van der Waals surface area contributed by atoms with Crippen LogP contribution in [-0.4, -0.2) is 14.8 Å². The van der Waals surface area contributed by atoms with E-state index in [4.69, 9.17) is 0 Å². The first-order chi connectivity index (χ1) is 6.27. The minimum Gasteiger partial charge on any atom is -0.231 e. The van der Waals surface area contributed by atoms with Gasteiger partial charge in [-0.3, -0.25) is 0 Å². The summed E-state index contributed by atoms with van der Waals surface area (Å²) in [5.74, 6) is -1.44. The topological polar surface area (TPSA) is 30.7 Å². The molecule has 75 valence electrons. The molecule has 0 bridgehead atoms. The fourth-order valence-electron chi connectivity index (χ4n) is 0.970. The van der Waals surface area contributed by atoms with E-state index in [1.54, 1.807) is 6.07 Å². The first-order valence-corrected chi connectivity index (χ1v) is 3.58. The maximum Gasteiger partial charge on any atom is 0.189 e. The number of hydrogen-bond donors (Lipinski definition) is 0. The van der Waals surface area contributed by atoms with Crippen LogP contribution >= 0.6 is 0 Å². The van der Waals surface area contributed by atoms with E-state index in [9.17, 15) is 8.78 Å². The van der Waals surface area contributed by atoms with Crippen molar-refractivity contribution >= 4 is 0 Å². The van der Waals surface area contributed by atoms with Gasteiger partial charge in [0.25, 0.3) is 0 Å². The van der Waals surface area contributed by atoms with E-state index in [-0.39, 0.29) is 25.9 Å². The van der Waals surface area contributed by atoms with E-state index in [2.05, 4.69) is 10.1 Å². The molecule has 0 aromatic carbocycles. The Kier molecular flexibility index (Phi) is 3.43. The molecule has 0 unspecified atom stereocenters. The number of hydrogen-bond acceptors (Lipinski definition) is 2. The van der Waals surface area contributed by atoms with Crippen LogP contribution in [0.15, 0.2) is 30.7 Å². The first kappa shape index (κ1) is 10.9. The van der Waals surface area contributed by atoms with Gasteiger partial charge in [-0.1, -0.05) is 0 Å². The van der Waals surface area contributed by atoms with E-state index in [1.165, 1.54) is 17.1 Å². The third kappa shape index (κ3) is 2.02. The van der Waals surface area contributed by atoms with Gasteiger partial charge >= 0.3 is 0 Å². The summed E-state index contributed by atoms with van der Waals surface area (Å²) in [6.45, 7) is 0. The van der Waals surface area contributed by atoms with Gasteiger partial charge in [0, 0.05) is 38.6 Å². The largest absolute Gasteiger partial charge is 0.231 e. The Bertz CT molecular complexity index is 417. The monoisotopic (exact) mass is 374 g/mol. The van der Waals surface area contributed by atoms with Crippen LogP contribution in [-0.2, 0) is 20.1 Å². The molecule has 2 aromatic heterocycles. The first-order valence-electron chi connectivity index (χ1n) is 3.58. The Hall–Kier alpha value is -1.13. The predicted octanol–water partition coefficient (Wildman–Crippen LogP) is 1.54. The summed E-state index contributed by atoms with van der Waals surface area (Å²) >= 11 is 0. The van der Waals surface area contributed by atoms with Crippen LogP contribution in [0.4, 0.5) is 8.78 Å². The van der Waals surface area contributed by atoms with Gasteiger partial charge in [0.15, 0.2) is 11.6 Å². The van der Waals surface area contributed by atoms with Crippen LogP contribution in [0.25, 0.3) is 5.82 Å². The Labute approximate surface area is 92.1 Å². The summed E-state index contributed by atoms with van der Waals surface area (Å²) in [6.07, 6.45) is 3.97. The number of halogens is 2. The zero-order valence-electron chi connectivity index (χ0n) is 6.82. The van der Waals surface area contributed by atoms with Crippen LogP contribution < -0.4 is 0 Å². The second-order valence-corrected chi connectivity index (χ2v) is 2.41. The molecule has 0 saturated carbocycles. The summed E-state index contributed by atoms with van der Waals surface area (Å²) in [7, 11) is 0. The van der Waals surface area contributed by atoms with Gasteiger partial charge in [-0.25, -0.2) is 18.4 Å². The van der Waals surface area contributed by atoms with Gasteiger partial charge in [0.05, 0.1) is 6.20 Å². The van der Waals surface area contributed by atoms with Gasteiger partial charge in [-0.05, 0) is 6.07 Å². The standard InChI is InChI=1S/C8H5F2N3.Ir/c9-6-4-7(10)8(11-5-6)13-3-1-2-12-13;/h1-5H;. The van der Waals surface area contributed by atoms with Crippen molar-refractivity contribution in [1.82, 2.24) is 14.8 Å². The molecule has 6 heteroatoms. The zero-order valence-corrected chi connectivity index (χ0v) is 9.21. The van der Waals surface area contributed by atoms with Crippen LogP contribution in [0.3, 0.4) is 0 Å². The van der Waals surface area contributed by atoms with Crippen LogP contribution in [0, 0.1) is 11.6 Å². The molecule has 0 aliphatic heterocycles. The summed E-state index contributed by atoms with van der Waals surface area (Å²) in [6, 6.07) is 2.40. The maximum absolute atomic E-state index is 13.1. The Morgan fingerprint density at radius 1 is 1.29 bits per heavy atom. The Balaban J connectivity index is 0.000000980. The molecule has 0 atom stereocenters. The molecule has 3 nitrogen and oxygen atoms in total. The molecule has 0 amide bonds. The SMILES string of the molecule is Fc1cnc(-n2cccn2)c(F)c1.[Ir]. The third-order valence-corrected chi connectivity index (χ3v) is 1.51. The molecular formula is C8H5F2IrN3. The number of nitrogens with zero attached hydrogens (tertiary/aromatic N) is 3. The molecule has 0 aliphatic rings. The van der Waals surface area contributed by atoms with Crippen LogP contribution in [0.5, 0.6) is 0 Å². The molecule has 0 N–H and O–H groups in total. The van der Waals surface area contributed by atoms with Crippen molar-refractivity contribution in [3.8, 4) is 5.82 Å². The quantitative estimate of drug-likeness (QED) is 0.759. The van der Waals surface area contributed by atoms with Crippen LogP contribution in [0.2, 0.25) is 0 Å². The zero-order chi connectivity index (χ0) is 9.26. The van der Waals surface area contributed by atoms with Crippen LogP contribution in [0.1, 0.15) is 0 Å². The summed E-state index contributed by atoms with van der Waals surface area (Å²) < 4.78 is 26.7. The average Bonchev–Trinajstić information content (AvgIpc) is 2.56. The third-order valence-electron chi connectivity index (χ3n) is 1.51. The molecular weight excluding hydrogens is 368 g/mol. The number of pyridine rings is 1. The predicted molar refractivity (Wildman–Crippen MR) is 41.3 cm³/mol. The van der Waals surface area contributed by atoms with Crippen molar-refractivity contribution in [2.45, 2.75) is 0 Å². The van der Waals surface area contributed by atoms with Gasteiger partial charge in [-0.2, -0.15) is 5.10 Å². The summed E-state index contributed by atoms with van der Waals surface area (Å²) in [5, 5.41) is 3.77. The number of aromatic nitrogens is 3. The molecule has 14 heavy (non-hydrogen) atoms. The fourth-order valence-corrected chi connectivity index (χ4v) is 0.970. The summed E-state index contributed by atoms with van der Waals surface area (Å²) in [4.78, 5) is 3.57. The molecule has 0 aliphatic carbocycles. The second-order valence-electron chi connectivity index (χ2n) is 2.41. The minimum atomic E-state index is -0.733. The van der Waals surface area contributed by atoms with Crippen molar-refractivity contribution in [3.63, 3.8) is 0 Å². The molecule has 0 saturated heterocycles. The van der Waals surface area contributed by atoms with Crippen molar-refractivity contribution in [2.75, 3.05) is 0 Å². The van der Waals surface area contributed by atoms with Gasteiger partial charge in [0.2, 0.25) is 0 Å². The maximum atomic E-state index is 13.1. The van der Waals surface area contributed by atoms with E-state index in [0.717, 1.165) is 12.3 Å². The van der Waals surface area contributed by atoms with Gasteiger partial charge < -0.3 is 0 Å². The fraction of sp³-hybridized carbons (Fsp3) is 0. The second kappa shape index (κ2) is 4.39. The van der Waals surface area contributed by atoms with E-state index < -0.39 is 11.6 Å². The molecule has 0 fully saturated rings. The van der Waals surface area contributed by atoms with E-state index in [0.29, 0.717) is 0 Å². The summed E-state index contributed by atoms with van der Waals surface area (Å²) in [5.41, 5.74) is 0. The molecule has 2 aromatic rings. The minimum absolute atomic E-state index is 0. The van der Waals surface area contributed by atoms with Gasteiger partial charge in [-0.15, -0.1) is 0 Å². The van der Waals surface area contributed by atoms with E-state index >= 15 is 0 Å². The van der Waals surface area contributed by atoms with Gasteiger partial charge in [0.1, 0.15) is 5.82 Å². The van der Waals surface area contributed by atoms with Crippen molar-refractivity contribution in [3.05, 3.63) is 42.4 Å². The van der Waals surface area contributed by atoms with Crippen molar-refractivity contribution in [1.29, 1.82) is 0 Å². The number of rotatable bonds is 1. The molecule has 2 heterocycles. The Morgan fingerprint density at radius 2 is 2.07 bits per heavy atom. The molecule has 2 rings (SSSR count). The van der Waals surface area contributed by atoms with E-state index in [1.807, 2.05) is 0 Å². The Morgan fingerprint density at radius 3 is 2.64 bits per heavy atom.